The highest BCUT2D eigenvalue weighted by Gasteiger charge is 2.12. The zero-order valence-electron chi connectivity index (χ0n) is 15.8. The fraction of sp³-hybridized carbons (Fsp3) is 0.500. The Hall–Kier alpha value is -2.57. The summed E-state index contributed by atoms with van der Waals surface area (Å²) < 4.78 is 5.70. The Morgan fingerprint density at radius 2 is 2.08 bits per heavy atom. The molecule has 0 aliphatic heterocycles. The van der Waals surface area contributed by atoms with Gasteiger partial charge >= 0.3 is 0 Å². The van der Waals surface area contributed by atoms with Gasteiger partial charge in [-0.05, 0) is 26.3 Å². The second kappa shape index (κ2) is 9.66. The van der Waals surface area contributed by atoms with Crippen LogP contribution in [0.3, 0.4) is 0 Å². The third-order valence-electron chi connectivity index (χ3n) is 2.95. The van der Waals surface area contributed by atoms with E-state index in [-0.39, 0.29) is 18.1 Å². The first kappa shape index (κ1) is 20.5. The number of hydrogen-bond acceptors (Lipinski definition) is 4. The van der Waals surface area contributed by atoms with E-state index < -0.39 is 0 Å². The predicted molar refractivity (Wildman–Crippen MR) is 101 cm³/mol. The molecule has 2 N–H and O–H groups in total. The lowest BCUT2D eigenvalue weighted by molar-refractivity contribution is -0.127. The van der Waals surface area contributed by atoms with Gasteiger partial charge in [-0.1, -0.05) is 12.1 Å². The number of likely N-dealkylation sites (N-methyl/N-ethyl adjacent to an activating group) is 1. The molecule has 25 heavy (non-hydrogen) atoms. The fourth-order valence-corrected chi connectivity index (χ4v) is 1.71. The predicted octanol–water partition coefficient (Wildman–Crippen LogP) is 1.57. The number of aliphatic imine (C=N–C) groups is 1. The maximum Gasteiger partial charge on any atom is 0.241 e. The van der Waals surface area contributed by atoms with Crippen LogP contribution >= 0.6 is 0 Å². The van der Waals surface area contributed by atoms with E-state index in [1.165, 1.54) is 4.90 Å². The van der Waals surface area contributed by atoms with E-state index in [0.717, 1.165) is 5.56 Å². The van der Waals surface area contributed by atoms with Crippen LogP contribution in [0, 0.1) is 0 Å². The molecule has 0 spiro atoms. The molecule has 7 heteroatoms. The molecule has 1 heterocycles. The van der Waals surface area contributed by atoms with Gasteiger partial charge in [0.1, 0.15) is 5.60 Å². The van der Waals surface area contributed by atoms with Crippen LogP contribution in [0.25, 0.3) is 0 Å². The van der Waals surface area contributed by atoms with Gasteiger partial charge in [0.2, 0.25) is 11.8 Å². The molecule has 0 bridgehead atoms. The van der Waals surface area contributed by atoms with Gasteiger partial charge in [0.05, 0.1) is 13.1 Å². The molecular formula is C18H29N5O2. The van der Waals surface area contributed by atoms with Crippen molar-refractivity contribution in [3.8, 4) is 5.88 Å². The standard InChI is InChI=1S/C18H29N5O2/c1-7-10-19-17(22-13-16(24)23(5)6)21-12-14-8-9-15(20-11-14)25-18(2,3)4/h7-9,11H,1,10,12-13H2,2-6H3,(H2,19,21,22). The first-order valence-corrected chi connectivity index (χ1v) is 8.18. The smallest absolute Gasteiger partial charge is 0.241 e. The summed E-state index contributed by atoms with van der Waals surface area (Å²) in [4.78, 5) is 22.0. The first-order chi connectivity index (χ1) is 11.7. The van der Waals surface area contributed by atoms with Gasteiger partial charge in [0.15, 0.2) is 5.96 Å². The van der Waals surface area contributed by atoms with Crippen molar-refractivity contribution in [2.45, 2.75) is 32.9 Å². The maximum absolute atomic E-state index is 11.7. The van der Waals surface area contributed by atoms with Crippen LogP contribution < -0.4 is 15.4 Å². The number of rotatable bonds is 7. The molecule has 1 aromatic heterocycles. The highest BCUT2D eigenvalue weighted by molar-refractivity contribution is 5.86. The number of nitrogens with zero attached hydrogens (tertiary/aromatic N) is 3. The number of carbonyl (C=O) groups is 1. The Kier molecular flexibility index (Phi) is 7.91. The van der Waals surface area contributed by atoms with Crippen molar-refractivity contribution in [1.29, 1.82) is 0 Å². The third kappa shape index (κ3) is 8.74. The molecule has 0 aliphatic carbocycles. The third-order valence-corrected chi connectivity index (χ3v) is 2.95. The zero-order chi connectivity index (χ0) is 18.9. The van der Waals surface area contributed by atoms with E-state index in [0.29, 0.717) is 24.9 Å². The van der Waals surface area contributed by atoms with Gasteiger partial charge in [-0.3, -0.25) is 4.79 Å². The highest BCUT2D eigenvalue weighted by Crippen LogP contribution is 2.15. The van der Waals surface area contributed by atoms with Crippen LogP contribution in [0.2, 0.25) is 0 Å². The van der Waals surface area contributed by atoms with Crippen LogP contribution in [0.1, 0.15) is 26.3 Å². The summed E-state index contributed by atoms with van der Waals surface area (Å²) in [5.41, 5.74) is 0.664. The monoisotopic (exact) mass is 347 g/mol. The number of ether oxygens (including phenoxy) is 1. The second-order valence-electron chi connectivity index (χ2n) is 6.70. The van der Waals surface area contributed by atoms with E-state index in [2.05, 4.69) is 27.2 Å². The fourth-order valence-electron chi connectivity index (χ4n) is 1.71. The molecule has 1 amide bonds. The number of nitrogens with one attached hydrogen (secondary N) is 2. The summed E-state index contributed by atoms with van der Waals surface area (Å²) in [6, 6.07) is 3.75. The lowest BCUT2D eigenvalue weighted by atomic mass is 10.2. The molecule has 7 nitrogen and oxygen atoms in total. The van der Waals surface area contributed by atoms with Crippen molar-refractivity contribution >= 4 is 11.9 Å². The summed E-state index contributed by atoms with van der Waals surface area (Å²) >= 11 is 0. The average Bonchev–Trinajstić information content (AvgIpc) is 2.53. The molecule has 0 saturated heterocycles. The van der Waals surface area contributed by atoms with E-state index in [9.17, 15) is 4.79 Å². The number of pyridine rings is 1. The summed E-state index contributed by atoms with van der Waals surface area (Å²) in [6.07, 6.45) is 3.46. The van der Waals surface area contributed by atoms with Crippen molar-refractivity contribution in [2.24, 2.45) is 4.99 Å². The van der Waals surface area contributed by atoms with Crippen LogP contribution in [-0.4, -0.2) is 54.5 Å². The normalized spacial score (nSPS) is 11.6. The minimum Gasteiger partial charge on any atom is -0.472 e. The molecule has 0 radical (unpaired) electrons. The van der Waals surface area contributed by atoms with Crippen LogP contribution in [0.4, 0.5) is 0 Å². The number of hydrogen-bond donors (Lipinski definition) is 2. The van der Waals surface area contributed by atoms with Crippen LogP contribution in [0.15, 0.2) is 36.0 Å². The molecule has 0 unspecified atom stereocenters. The van der Waals surface area contributed by atoms with Gasteiger partial charge < -0.3 is 20.3 Å². The van der Waals surface area contributed by atoms with Crippen molar-refractivity contribution in [1.82, 2.24) is 20.5 Å². The average molecular weight is 347 g/mol. The Morgan fingerprint density at radius 1 is 1.36 bits per heavy atom. The van der Waals surface area contributed by atoms with Crippen LogP contribution in [-0.2, 0) is 11.3 Å². The minimum atomic E-state index is -0.280. The van der Waals surface area contributed by atoms with Gasteiger partial charge in [0, 0.05) is 32.9 Å². The Balaban J connectivity index is 2.68. The topological polar surface area (TPSA) is 78.9 Å². The van der Waals surface area contributed by atoms with Gasteiger partial charge in [-0.25, -0.2) is 9.98 Å². The summed E-state index contributed by atoms with van der Waals surface area (Å²) in [5, 5.41) is 6.08. The van der Waals surface area contributed by atoms with E-state index in [1.54, 1.807) is 26.4 Å². The second-order valence-corrected chi connectivity index (χ2v) is 6.70. The molecule has 1 rings (SSSR count). The molecule has 0 saturated carbocycles. The van der Waals surface area contributed by atoms with Crippen molar-refractivity contribution in [2.75, 3.05) is 27.2 Å². The van der Waals surface area contributed by atoms with E-state index >= 15 is 0 Å². The Morgan fingerprint density at radius 3 is 2.60 bits per heavy atom. The number of guanidine groups is 1. The zero-order valence-corrected chi connectivity index (χ0v) is 15.8. The van der Waals surface area contributed by atoms with Crippen molar-refractivity contribution in [3.05, 3.63) is 36.5 Å². The summed E-state index contributed by atoms with van der Waals surface area (Å²) in [5.74, 6) is 1.10. The maximum atomic E-state index is 11.7. The first-order valence-electron chi connectivity index (χ1n) is 8.18. The quantitative estimate of drug-likeness (QED) is 0.445. The SMILES string of the molecule is C=CCNC(=NCc1ccc(OC(C)(C)C)nc1)NCC(=O)N(C)C. The van der Waals surface area contributed by atoms with E-state index in [4.69, 9.17) is 4.74 Å². The highest BCUT2D eigenvalue weighted by atomic mass is 16.5. The Bertz CT molecular complexity index is 588. The Labute approximate surface area is 150 Å². The minimum absolute atomic E-state index is 0.0292. The van der Waals surface area contributed by atoms with Gasteiger partial charge in [-0.15, -0.1) is 6.58 Å². The summed E-state index contributed by atoms with van der Waals surface area (Å²) in [6.45, 7) is 10.8. The molecule has 0 fully saturated rings. The lowest BCUT2D eigenvalue weighted by Gasteiger charge is -2.20. The number of carbonyl (C=O) groups excluding carboxylic acids is 1. The van der Waals surface area contributed by atoms with E-state index in [1.807, 2.05) is 32.9 Å². The molecule has 1 aromatic rings. The molecule has 138 valence electrons. The lowest BCUT2D eigenvalue weighted by Crippen LogP contribution is -2.43. The number of aromatic nitrogens is 1. The van der Waals surface area contributed by atoms with Crippen molar-refractivity contribution < 1.29 is 9.53 Å². The van der Waals surface area contributed by atoms with Gasteiger partial charge in [-0.2, -0.15) is 0 Å². The number of amides is 1. The molecule has 0 aromatic carbocycles. The van der Waals surface area contributed by atoms with Gasteiger partial charge in [0.25, 0.3) is 0 Å². The van der Waals surface area contributed by atoms with Crippen LogP contribution in [0.5, 0.6) is 5.88 Å². The molecule has 0 aliphatic rings. The van der Waals surface area contributed by atoms with Crippen molar-refractivity contribution in [3.63, 3.8) is 0 Å². The molecular weight excluding hydrogens is 318 g/mol. The summed E-state index contributed by atoms with van der Waals surface area (Å²) in [7, 11) is 3.43. The molecule has 0 atom stereocenters. The largest absolute Gasteiger partial charge is 0.472 e.